The van der Waals surface area contributed by atoms with Crippen molar-refractivity contribution >= 4 is 0 Å². The van der Waals surface area contributed by atoms with Gasteiger partial charge in [-0.05, 0) is 19.4 Å². The molecule has 0 aliphatic heterocycles. The quantitative estimate of drug-likeness (QED) is 0.695. The largest absolute Gasteiger partial charge is 0.508 e. The Morgan fingerprint density at radius 2 is 2.15 bits per heavy atom. The summed E-state index contributed by atoms with van der Waals surface area (Å²) in [6.07, 6.45) is 2.40. The summed E-state index contributed by atoms with van der Waals surface area (Å²) in [5, 5.41) is 9.56. The van der Waals surface area contributed by atoms with Gasteiger partial charge < -0.3 is 10.8 Å². The molecule has 0 aliphatic rings. The van der Waals surface area contributed by atoms with Gasteiger partial charge in [-0.25, -0.2) is 0 Å². The molecule has 0 spiro atoms. The number of hydrogen-bond donors (Lipinski definition) is 2. The van der Waals surface area contributed by atoms with Gasteiger partial charge >= 0.3 is 0 Å². The predicted octanol–water partition coefficient (Wildman–Crippen LogP) is 2.14. The lowest BCUT2D eigenvalue weighted by molar-refractivity contribution is 0.427. The molecule has 0 saturated carbocycles. The van der Waals surface area contributed by atoms with E-state index < -0.39 is 5.54 Å². The van der Waals surface area contributed by atoms with Gasteiger partial charge in [-0.1, -0.05) is 24.3 Å². The number of phenols is 1. The van der Waals surface area contributed by atoms with Crippen LogP contribution >= 0.6 is 0 Å². The van der Waals surface area contributed by atoms with Gasteiger partial charge in [0.15, 0.2) is 0 Å². The third kappa shape index (κ3) is 2.10. The molecule has 0 unspecified atom stereocenters. The highest BCUT2D eigenvalue weighted by molar-refractivity contribution is 5.37. The molecule has 1 aromatic carbocycles. The Hall–Kier alpha value is -1.28. The predicted molar refractivity (Wildman–Crippen MR) is 54.5 cm³/mol. The second-order valence-electron chi connectivity index (χ2n) is 3.43. The lowest BCUT2D eigenvalue weighted by Gasteiger charge is -2.24. The van der Waals surface area contributed by atoms with Crippen LogP contribution in [0.3, 0.4) is 0 Å². The Morgan fingerprint density at radius 1 is 1.54 bits per heavy atom. The smallest absolute Gasteiger partial charge is 0.120 e. The maximum absolute atomic E-state index is 9.56. The van der Waals surface area contributed by atoms with Crippen molar-refractivity contribution in [1.29, 1.82) is 0 Å². The van der Waals surface area contributed by atoms with E-state index in [1.807, 2.05) is 19.1 Å². The minimum atomic E-state index is -0.535. The van der Waals surface area contributed by atoms with Crippen LogP contribution < -0.4 is 5.73 Å². The molecule has 2 nitrogen and oxygen atoms in total. The van der Waals surface area contributed by atoms with Crippen LogP contribution in [0.4, 0.5) is 0 Å². The molecule has 70 valence electrons. The normalized spacial score (nSPS) is 14.9. The maximum Gasteiger partial charge on any atom is 0.120 e. The molecule has 0 radical (unpaired) electrons. The molecule has 1 atom stereocenters. The number of para-hydroxylation sites is 1. The van der Waals surface area contributed by atoms with Crippen molar-refractivity contribution in [2.45, 2.75) is 18.9 Å². The fraction of sp³-hybridized carbons (Fsp3) is 0.273. The van der Waals surface area contributed by atoms with Crippen molar-refractivity contribution in [3.8, 4) is 5.75 Å². The highest BCUT2D eigenvalue weighted by Crippen LogP contribution is 2.29. The Morgan fingerprint density at radius 3 is 2.69 bits per heavy atom. The summed E-state index contributed by atoms with van der Waals surface area (Å²) >= 11 is 0. The molecule has 1 aromatic rings. The Balaban J connectivity index is 3.06. The molecule has 3 N–H and O–H groups in total. The zero-order chi connectivity index (χ0) is 9.90. The molecular formula is C11H15NO. The van der Waals surface area contributed by atoms with Gasteiger partial charge in [0.2, 0.25) is 0 Å². The van der Waals surface area contributed by atoms with E-state index >= 15 is 0 Å². The van der Waals surface area contributed by atoms with Crippen molar-refractivity contribution < 1.29 is 5.11 Å². The van der Waals surface area contributed by atoms with Crippen LogP contribution in [-0.2, 0) is 5.54 Å². The average Bonchev–Trinajstić information content (AvgIpc) is 2.04. The van der Waals surface area contributed by atoms with E-state index in [2.05, 4.69) is 6.58 Å². The number of rotatable bonds is 3. The van der Waals surface area contributed by atoms with Crippen LogP contribution in [0.2, 0.25) is 0 Å². The van der Waals surface area contributed by atoms with Gasteiger partial charge in [-0.15, -0.1) is 6.58 Å². The van der Waals surface area contributed by atoms with E-state index in [1.165, 1.54) is 0 Å². The summed E-state index contributed by atoms with van der Waals surface area (Å²) in [7, 11) is 0. The standard InChI is InChI=1S/C11H15NO/c1-3-8-11(2,12)9-6-4-5-7-10(9)13/h3-7,13H,1,8,12H2,2H3/t11-/m0/s1. The summed E-state index contributed by atoms with van der Waals surface area (Å²) in [6.45, 7) is 5.52. The fourth-order valence-corrected chi connectivity index (χ4v) is 1.37. The molecule has 0 heterocycles. The zero-order valence-corrected chi connectivity index (χ0v) is 7.83. The first-order chi connectivity index (χ1) is 6.08. The minimum absolute atomic E-state index is 0.245. The third-order valence-corrected chi connectivity index (χ3v) is 2.09. The van der Waals surface area contributed by atoms with Gasteiger partial charge in [-0.2, -0.15) is 0 Å². The van der Waals surface area contributed by atoms with E-state index in [0.29, 0.717) is 6.42 Å². The summed E-state index contributed by atoms with van der Waals surface area (Å²) < 4.78 is 0. The number of hydrogen-bond acceptors (Lipinski definition) is 2. The highest BCUT2D eigenvalue weighted by atomic mass is 16.3. The average molecular weight is 177 g/mol. The van der Waals surface area contributed by atoms with E-state index in [4.69, 9.17) is 5.73 Å². The molecule has 0 fully saturated rings. The monoisotopic (exact) mass is 177 g/mol. The molecule has 0 amide bonds. The number of aromatic hydroxyl groups is 1. The van der Waals surface area contributed by atoms with Gasteiger partial charge in [0.25, 0.3) is 0 Å². The van der Waals surface area contributed by atoms with Gasteiger partial charge in [0, 0.05) is 11.1 Å². The first kappa shape index (κ1) is 9.81. The lowest BCUT2D eigenvalue weighted by Crippen LogP contribution is -2.32. The molecule has 0 aromatic heterocycles. The van der Waals surface area contributed by atoms with Crippen LogP contribution in [0, 0.1) is 0 Å². The summed E-state index contributed by atoms with van der Waals surface area (Å²) in [6, 6.07) is 7.12. The Kier molecular flexibility index (Phi) is 2.73. The Labute approximate surface area is 78.7 Å². The summed E-state index contributed by atoms with van der Waals surface area (Å²) in [4.78, 5) is 0. The lowest BCUT2D eigenvalue weighted by atomic mass is 9.89. The van der Waals surface area contributed by atoms with Crippen molar-refractivity contribution in [3.63, 3.8) is 0 Å². The zero-order valence-electron chi connectivity index (χ0n) is 7.83. The first-order valence-corrected chi connectivity index (χ1v) is 4.26. The fourth-order valence-electron chi connectivity index (χ4n) is 1.37. The summed E-state index contributed by atoms with van der Waals surface area (Å²) in [5.74, 6) is 0.245. The van der Waals surface area contributed by atoms with E-state index in [-0.39, 0.29) is 5.75 Å². The van der Waals surface area contributed by atoms with E-state index in [1.54, 1.807) is 18.2 Å². The molecule has 1 rings (SSSR count). The maximum atomic E-state index is 9.56. The van der Waals surface area contributed by atoms with Crippen molar-refractivity contribution in [2.75, 3.05) is 0 Å². The third-order valence-electron chi connectivity index (χ3n) is 2.09. The highest BCUT2D eigenvalue weighted by Gasteiger charge is 2.21. The molecule has 0 saturated heterocycles. The number of benzene rings is 1. The molecule has 2 heteroatoms. The molecular weight excluding hydrogens is 162 g/mol. The van der Waals surface area contributed by atoms with Gasteiger partial charge in [0.05, 0.1) is 0 Å². The van der Waals surface area contributed by atoms with Crippen LogP contribution in [-0.4, -0.2) is 5.11 Å². The molecule has 0 bridgehead atoms. The summed E-state index contributed by atoms with van der Waals surface area (Å²) in [5.41, 5.74) is 6.24. The molecule has 13 heavy (non-hydrogen) atoms. The van der Waals surface area contributed by atoms with Crippen molar-refractivity contribution in [2.24, 2.45) is 5.73 Å². The van der Waals surface area contributed by atoms with Crippen LogP contribution in [0.5, 0.6) is 5.75 Å². The van der Waals surface area contributed by atoms with Crippen LogP contribution in [0.1, 0.15) is 18.9 Å². The molecule has 0 aliphatic carbocycles. The second-order valence-corrected chi connectivity index (χ2v) is 3.43. The first-order valence-electron chi connectivity index (χ1n) is 4.26. The Bertz CT molecular complexity index is 305. The van der Waals surface area contributed by atoms with Crippen molar-refractivity contribution in [3.05, 3.63) is 42.5 Å². The van der Waals surface area contributed by atoms with Crippen molar-refractivity contribution in [1.82, 2.24) is 0 Å². The van der Waals surface area contributed by atoms with E-state index in [9.17, 15) is 5.11 Å². The number of phenolic OH excluding ortho intramolecular Hbond substituents is 1. The topological polar surface area (TPSA) is 46.2 Å². The second kappa shape index (κ2) is 3.62. The van der Waals surface area contributed by atoms with Gasteiger partial charge in [-0.3, -0.25) is 0 Å². The van der Waals surface area contributed by atoms with Crippen LogP contribution in [0.25, 0.3) is 0 Å². The van der Waals surface area contributed by atoms with E-state index in [0.717, 1.165) is 5.56 Å². The SMILES string of the molecule is C=CC[C@](C)(N)c1ccccc1O. The van der Waals surface area contributed by atoms with Gasteiger partial charge in [0.1, 0.15) is 5.75 Å². The number of nitrogens with two attached hydrogens (primary N) is 1. The van der Waals surface area contributed by atoms with Crippen LogP contribution in [0.15, 0.2) is 36.9 Å². The minimum Gasteiger partial charge on any atom is -0.508 e.